The Morgan fingerprint density at radius 2 is 1.89 bits per heavy atom. The van der Waals surface area contributed by atoms with E-state index in [0.29, 0.717) is 25.6 Å². The summed E-state index contributed by atoms with van der Waals surface area (Å²) in [7, 11) is 0. The summed E-state index contributed by atoms with van der Waals surface area (Å²) >= 11 is 0. The number of benzene rings is 1. The van der Waals surface area contributed by atoms with E-state index in [1.165, 1.54) is 0 Å². The van der Waals surface area contributed by atoms with Crippen LogP contribution in [-0.2, 0) is 14.3 Å². The van der Waals surface area contributed by atoms with Crippen LogP contribution in [0.25, 0.3) is 0 Å². The third-order valence-electron chi connectivity index (χ3n) is 4.79. The number of ether oxygens (including phenoxy) is 3. The molecule has 1 aliphatic rings. The van der Waals surface area contributed by atoms with Crippen molar-refractivity contribution in [2.45, 2.75) is 46.1 Å². The van der Waals surface area contributed by atoms with Crippen LogP contribution in [-0.4, -0.2) is 62.5 Å². The predicted octanol–water partition coefficient (Wildman–Crippen LogP) is 3.57. The molecule has 1 aliphatic heterocycles. The number of hydrogen-bond donors (Lipinski definition) is 1. The lowest BCUT2D eigenvalue weighted by atomic mass is 9.93. The van der Waals surface area contributed by atoms with E-state index < -0.39 is 5.60 Å². The van der Waals surface area contributed by atoms with Crippen molar-refractivity contribution in [3.8, 4) is 5.75 Å². The average Bonchev–Trinajstić information content (AvgIpc) is 2.68. The maximum absolute atomic E-state index is 12.8. The fourth-order valence-corrected chi connectivity index (χ4v) is 3.34. The Hall–Kier alpha value is -1.63. The molecule has 1 unspecified atom stereocenters. The number of rotatable bonds is 11. The molecule has 2 rings (SSSR count). The predicted molar refractivity (Wildman–Crippen MR) is 112 cm³/mol. The topological polar surface area (TPSA) is 60.0 Å². The van der Waals surface area contributed by atoms with E-state index in [1.54, 1.807) is 0 Å². The first-order chi connectivity index (χ1) is 13.4. The summed E-state index contributed by atoms with van der Waals surface area (Å²) in [5.74, 6) is 1.07. The van der Waals surface area contributed by atoms with Gasteiger partial charge in [-0.3, -0.25) is 9.69 Å². The lowest BCUT2D eigenvalue weighted by molar-refractivity contribution is -0.141. The summed E-state index contributed by atoms with van der Waals surface area (Å²) in [6, 6.07) is 7.53. The Labute approximate surface area is 169 Å². The second-order valence-electron chi connectivity index (χ2n) is 7.96. The molecular weight excluding hydrogens is 356 g/mol. The van der Waals surface area contributed by atoms with Crippen molar-refractivity contribution in [2.24, 2.45) is 5.92 Å². The van der Waals surface area contributed by atoms with Gasteiger partial charge in [-0.2, -0.15) is 0 Å². The number of carbonyl (C=O) groups is 1. The minimum Gasteiger partial charge on any atom is -0.492 e. The zero-order chi connectivity index (χ0) is 20.4. The van der Waals surface area contributed by atoms with Crippen LogP contribution in [0.2, 0.25) is 0 Å². The number of nitrogens with zero attached hydrogens (tertiary/aromatic N) is 1. The molecule has 28 heavy (non-hydrogen) atoms. The molecule has 158 valence electrons. The molecule has 0 radical (unpaired) electrons. The van der Waals surface area contributed by atoms with Gasteiger partial charge in [0.2, 0.25) is 0 Å². The molecule has 1 aromatic rings. The molecule has 6 nitrogen and oxygen atoms in total. The monoisotopic (exact) mass is 392 g/mol. The Kier molecular flexibility index (Phi) is 9.22. The summed E-state index contributed by atoms with van der Waals surface area (Å²) < 4.78 is 17.1. The molecule has 0 aromatic heterocycles. The second-order valence-corrected chi connectivity index (χ2v) is 7.96. The van der Waals surface area contributed by atoms with Gasteiger partial charge in [0.15, 0.2) is 0 Å². The highest BCUT2D eigenvalue weighted by atomic mass is 16.5. The van der Waals surface area contributed by atoms with Gasteiger partial charge in [0.1, 0.15) is 18.0 Å². The Morgan fingerprint density at radius 3 is 2.50 bits per heavy atom. The van der Waals surface area contributed by atoms with E-state index in [-0.39, 0.29) is 5.91 Å². The fraction of sp³-hybridized carbons (Fsp3) is 0.682. The number of anilines is 1. The molecule has 1 aromatic carbocycles. The summed E-state index contributed by atoms with van der Waals surface area (Å²) in [6.45, 7) is 13.8. The van der Waals surface area contributed by atoms with Crippen LogP contribution < -0.4 is 10.1 Å². The van der Waals surface area contributed by atoms with Gasteiger partial charge in [-0.05, 0) is 49.9 Å². The largest absolute Gasteiger partial charge is 0.492 e. The van der Waals surface area contributed by atoms with Crippen LogP contribution in [0.1, 0.15) is 40.5 Å². The molecule has 1 heterocycles. The summed E-state index contributed by atoms with van der Waals surface area (Å²) in [5, 5.41) is 2.99. The first kappa shape index (κ1) is 22.7. The standard InChI is InChI=1S/C22H36N2O4/c1-5-13-28-22(4,17-18(2)3)21(25)23-19-6-8-20(9-7-19)27-16-12-24-10-14-26-15-11-24/h6-9,18H,5,10-17H2,1-4H3,(H,23,25). The molecule has 0 bridgehead atoms. The van der Waals surface area contributed by atoms with Crippen LogP contribution in [0, 0.1) is 5.92 Å². The molecule has 0 aliphatic carbocycles. The highest BCUT2D eigenvalue weighted by Crippen LogP contribution is 2.24. The second kappa shape index (κ2) is 11.4. The SMILES string of the molecule is CCCOC(C)(CC(C)C)C(=O)Nc1ccc(OCCN2CCOCC2)cc1. The van der Waals surface area contributed by atoms with Gasteiger partial charge in [-0.15, -0.1) is 0 Å². The van der Waals surface area contributed by atoms with Gasteiger partial charge in [0.05, 0.1) is 13.2 Å². The molecule has 1 fully saturated rings. The zero-order valence-corrected chi connectivity index (χ0v) is 17.8. The van der Waals surface area contributed by atoms with Crippen LogP contribution in [0.5, 0.6) is 5.75 Å². The summed E-state index contributed by atoms with van der Waals surface area (Å²) in [5.41, 5.74) is -0.0714. The van der Waals surface area contributed by atoms with Crippen LogP contribution in [0.15, 0.2) is 24.3 Å². The number of morpholine rings is 1. The van der Waals surface area contributed by atoms with Gasteiger partial charge < -0.3 is 19.5 Å². The first-order valence-corrected chi connectivity index (χ1v) is 10.4. The molecule has 1 N–H and O–H groups in total. The van der Waals surface area contributed by atoms with E-state index in [9.17, 15) is 4.79 Å². The van der Waals surface area contributed by atoms with Gasteiger partial charge >= 0.3 is 0 Å². The van der Waals surface area contributed by atoms with Crippen molar-refractivity contribution in [2.75, 3.05) is 51.4 Å². The Morgan fingerprint density at radius 1 is 1.21 bits per heavy atom. The molecule has 1 saturated heterocycles. The van der Waals surface area contributed by atoms with Gasteiger partial charge in [0, 0.05) is 31.9 Å². The third kappa shape index (κ3) is 7.41. The maximum Gasteiger partial charge on any atom is 0.256 e. The van der Waals surface area contributed by atoms with Crippen molar-refractivity contribution in [1.82, 2.24) is 4.90 Å². The Bertz CT molecular complexity index is 585. The highest BCUT2D eigenvalue weighted by Gasteiger charge is 2.34. The molecular formula is C22H36N2O4. The summed E-state index contributed by atoms with van der Waals surface area (Å²) in [6.07, 6.45) is 1.57. The maximum atomic E-state index is 12.8. The van der Waals surface area contributed by atoms with Crippen molar-refractivity contribution in [1.29, 1.82) is 0 Å². The number of carbonyl (C=O) groups excluding carboxylic acids is 1. The van der Waals surface area contributed by atoms with E-state index in [4.69, 9.17) is 14.2 Å². The van der Waals surface area contributed by atoms with Gasteiger partial charge in [0.25, 0.3) is 5.91 Å². The van der Waals surface area contributed by atoms with E-state index >= 15 is 0 Å². The number of amides is 1. The molecule has 0 spiro atoms. The quantitative estimate of drug-likeness (QED) is 0.624. The number of hydrogen-bond acceptors (Lipinski definition) is 5. The van der Waals surface area contributed by atoms with E-state index in [0.717, 1.165) is 50.7 Å². The lowest BCUT2D eigenvalue weighted by Crippen LogP contribution is -2.44. The van der Waals surface area contributed by atoms with E-state index in [1.807, 2.05) is 38.1 Å². The summed E-state index contributed by atoms with van der Waals surface area (Å²) in [4.78, 5) is 15.2. The normalized spacial score (nSPS) is 17.3. The number of nitrogens with one attached hydrogen (secondary N) is 1. The Balaban J connectivity index is 1.84. The molecule has 6 heteroatoms. The highest BCUT2D eigenvalue weighted by molar-refractivity contribution is 5.97. The lowest BCUT2D eigenvalue weighted by Gasteiger charge is -2.30. The first-order valence-electron chi connectivity index (χ1n) is 10.4. The van der Waals surface area contributed by atoms with Crippen LogP contribution >= 0.6 is 0 Å². The van der Waals surface area contributed by atoms with Crippen LogP contribution in [0.3, 0.4) is 0 Å². The minimum atomic E-state index is -0.822. The van der Waals surface area contributed by atoms with Crippen LogP contribution in [0.4, 0.5) is 5.69 Å². The molecule has 1 amide bonds. The smallest absolute Gasteiger partial charge is 0.256 e. The minimum absolute atomic E-state index is 0.101. The molecule has 1 atom stereocenters. The third-order valence-corrected chi connectivity index (χ3v) is 4.79. The van der Waals surface area contributed by atoms with Crippen molar-refractivity contribution >= 4 is 11.6 Å². The van der Waals surface area contributed by atoms with Crippen molar-refractivity contribution in [3.63, 3.8) is 0 Å². The van der Waals surface area contributed by atoms with E-state index in [2.05, 4.69) is 24.1 Å². The van der Waals surface area contributed by atoms with Crippen molar-refractivity contribution in [3.05, 3.63) is 24.3 Å². The van der Waals surface area contributed by atoms with Gasteiger partial charge in [-0.25, -0.2) is 0 Å². The fourth-order valence-electron chi connectivity index (χ4n) is 3.34. The van der Waals surface area contributed by atoms with Gasteiger partial charge in [-0.1, -0.05) is 20.8 Å². The van der Waals surface area contributed by atoms with Crippen molar-refractivity contribution < 1.29 is 19.0 Å². The molecule has 0 saturated carbocycles. The zero-order valence-electron chi connectivity index (χ0n) is 17.8. The average molecular weight is 393 g/mol.